The number of nitrogens with zero attached hydrogens (tertiary/aromatic N) is 4. The SMILES string of the molecule is Cc1cccc2c(=O)n(CCC(=O)NC(C)c3cnn(-c4ccccc4)c3C)cnc12. The number of nitrogens with one attached hydrogen (secondary N) is 1. The Balaban J connectivity index is 1.43. The van der Waals surface area contributed by atoms with Crippen molar-refractivity contribution in [2.75, 3.05) is 0 Å². The maximum absolute atomic E-state index is 12.7. The standard InChI is InChI=1S/C24H25N5O2/c1-16-8-7-11-20-23(16)25-15-28(24(20)31)13-12-22(30)27-17(2)21-14-26-29(18(21)3)19-9-5-4-6-10-19/h4-11,14-15,17H,12-13H2,1-3H3,(H,27,30). The molecule has 0 fully saturated rings. The van der Waals surface area contributed by atoms with E-state index in [0.717, 1.165) is 22.5 Å². The lowest BCUT2D eigenvalue weighted by Gasteiger charge is -2.15. The van der Waals surface area contributed by atoms with Gasteiger partial charge in [-0.3, -0.25) is 14.2 Å². The van der Waals surface area contributed by atoms with E-state index in [-0.39, 0.29) is 30.5 Å². The molecule has 2 heterocycles. The first-order valence-electron chi connectivity index (χ1n) is 10.3. The molecule has 1 unspecified atom stereocenters. The van der Waals surface area contributed by atoms with Crippen molar-refractivity contribution in [3.63, 3.8) is 0 Å². The van der Waals surface area contributed by atoms with Crippen molar-refractivity contribution in [1.29, 1.82) is 0 Å². The highest BCUT2D eigenvalue weighted by Gasteiger charge is 2.16. The number of aromatic nitrogens is 4. The molecule has 158 valence electrons. The average molecular weight is 415 g/mol. The minimum absolute atomic E-state index is 0.129. The maximum Gasteiger partial charge on any atom is 0.261 e. The van der Waals surface area contributed by atoms with Crippen LogP contribution in [-0.2, 0) is 11.3 Å². The molecule has 7 heteroatoms. The molecule has 7 nitrogen and oxygen atoms in total. The Bertz CT molecular complexity index is 1290. The number of aryl methyl sites for hydroxylation is 2. The van der Waals surface area contributed by atoms with E-state index in [1.807, 2.05) is 67.9 Å². The molecular weight excluding hydrogens is 390 g/mol. The quantitative estimate of drug-likeness (QED) is 0.523. The summed E-state index contributed by atoms with van der Waals surface area (Å²) in [6.07, 6.45) is 3.49. The van der Waals surface area contributed by atoms with Crippen LogP contribution < -0.4 is 10.9 Å². The minimum Gasteiger partial charge on any atom is -0.349 e. The van der Waals surface area contributed by atoms with Crippen LogP contribution in [0.4, 0.5) is 0 Å². The molecule has 0 radical (unpaired) electrons. The summed E-state index contributed by atoms with van der Waals surface area (Å²) in [5.41, 5.74) is 4.44. The zero-order valence-electron chi connectivity index (χ0n) is 17.9. The maximum atomic E-state index is 12.7. The van der Waals surface area contributed by atoms with E-state index in [2.05, 4.69) is 15.4 Å². The van der Waals surface area contributed by atoms with Gasteiger partial charge < -0.3 is 5.32 Å². The Morgan fingerprint density at radius 1 is 1.10 bits per heavy atom. The molecule has 0 bridgehead atoms. The van der Waals surface area contributed by atoms with Gasteiger partial charge in [0.15, 0.2) is 0 Å². The summed E-state index contributed by atoms with van der Waals surface area (Å²) in [7, 11) is 0. The first kappa shape index (κ1) is 20.5. The molecule has 4 rings (SSSR count). The fraction of sp³-hybridized carbons (Fsp3) is 0.250. The van der Waals surface area contributed by atoms with Crippen LogP contribution in [0.3, 0.4) is 0 Å². The van der Waals surface area contributed by atoms with Crippen molar-refractivity contribution in [3.8, 4) is 5.69 Å². The number of hydrogen-bond donors (Lipinski definition) is 1. The summed E-state index contributed by atoms with van der Waals surface area (Å²) in [4.78, 5) is 29.6. The third-order valence-corrected chi connectivity index (χ3v) is 5.53. The molecule has 4 aromatic rings. The number of fused-ring (bicyclic) bond motifs is 1. The van der Waals surface area contributed by atoms with Gasteiger partial charge in [-0.15, -0.1) is 0 Å². The van der Waals surface area contributed by atoms with E-state index < -0.39 is 0 Å². The fourth-order valence-corrected chi connectivity index (χ4v) is 3.79. The van der Waals surface area contributed by atoms with Gasteiger partial charge in [-0.1, -0.05) is 30.3 Å². The molecule has 2 aromatic heterocycles. The van der Waals surface area contributed by atoms with Crippen LogP contribution in [0.5, 0.6) is 0 Å². The van der Waals surface area contributed by atoms with Crippen molar-refractivity contribution in [2.45, 2.75) is 39.8 Å². The summed E-state index contributed by atoms with van der Waals surface area (Å²) in [6.45, 7) is 6.12. The number of para-hydroxylation sites is 2. The molecule has 0 saturated heterocycles. The summed E-state index contributed by atoms with van der Waals surface area (Å²) < 4.78 is 3.35. The Morgan fingerprint density at radius 3 is 2.65 bits per heavy atom. The van der Waals surface area contributed by atoms with Crippen molar-refractivity contribution >= 4 is 16.8 Å². The Hall–Kier alpha value is -3.74. The highest BCUT2D eigenvalue weighted by molar-refractivity contribution is 5.80. The van der Waals surface area contributed by atoms with E-state index in [0.29, 0.717) is 10.9 Å². The second kappa shape index (κ2) is 8.55. The predicted octanol–water partition coefficient (Wildman–Crippen LogP) is 3.47. The minimum atomic E-state index is -0.195. The van der Waals surface area contributed by atoms with E-state index in [4.69, 9.17) is 0 Å². The van der Waals surface area contributed by atoms with E-state index >= 15 is 0 Å². The average Bonchev–Trinajstić information content (AvgIpc) is 3.16. The Kier molecular flexibility index (Phi) is 5.66. The molecular formula is C24H25N5O2. The number of carbonyl (C=O) groups is 1. The number of benzene rings is 2. The molecule has 1 N–H and O–H groups in total. The van der Waals surface area contributed by atoms with Gasteiger partial charge in [0.2, 0.25) is 5.91 Å². The zero-order chi connectivity index (χ0) is 22.0. The van der Waals surface area contributed by atoms with Crippen molar-refractivity contribution in [1.82, 2.24) is 24.6 Å². The van der Waals surface area contributed by atoms with Crippen molar-refractivity contribution < 1.29 is 4.79 Å². The molecule has 1 atom stereocenters. The van der Waals surface area contributed by atoms with Gasteiger partial charge in [0.05, 0.1) is 35.2 Å². The molecule has 0 saturated carbocycles. The third kappa shape index (κ3) is 4.12. The van der Waals surface area contributed by atoms with Gasteiger partial charge in [0, 0.05) is 24.2 Å². The van der Waals surface area contributed by atoms with Gasteiger partial charge in [0.1, 0.15) is 0 Å². The predicted molar refractivity (Wildman–Crippen MR) is 120 cm³/mol. The number of rotatable bonds is 6. The van der Waals surface area contributed by atoms with Gasteiger partial charge in [-0.05, 0) is 44.5 Å². The van der Waals surface area contributed by atoms with Crippen molar-refractivity contribution in [2.24, 2.45) is 0 Å². The normalized spacial score (nSPS) is 12.1. The lowest BCUT2D eigenvalue weighted by atomic mass is 10.1. The van der Waals surface area contributed by atoms with Gasteiger partial charge in [-0.25, -0.2) is 9.67 Å². The highest BCUT2D eigenvalue weighted by atomic mass is 16.2. The molecule has 0 aliphatic rings. The molecule has 1 amide bonds. The zero-order valence-corrected chi connectivity index (χ0v) is 17.9. The van der Waals surface area contributed by atoms with Gasteiger partial charge in [0.25, 0.3) is 5.56 Å². The first-order chi connectivity index (χ1) is 15.0. The summed E-state index contributed by atoms with van der Waals surface area (Å²) in [5.74, 6) is -0.129. The van der Waals surface area contributed by atoms with Gasteiger partial charge >= 0.3 is 0 Å². The summed E-state index contributed by atoms with van der Waals surface area (Å²) in [5, 5.41) is 8.05. The Labute approximate surface area is 180 Å². The second-order valence-electron chi connectivity index (χ2n) is 7.69. The second-order valence-corrected chi connectivity index (χ2v) is 7.69. The van der Waals surface area contributed by atoms with E-state index in [1.54, 1.807) is 12.3 Å². The van der Waals surface area contributed by atoms with Crippen LogP contribution in [0.1, 0.15) is 36.2 Å². The molecule has 0 spiro atoms. The smallest absolute Gasteiger partial charge is 0.261 e. The third-order valence-electron chi connectivity index (χ3n) is 5.53. The fourth-order valence-electron chi connectivity index (χ4n) is 3.79. The molecule has 31 heavy (non-hydrogen) atoms. The van der Waals surface area contributed by atoms with E-state index in [1.165, 1.54) is 10.9 Å². The van der Waals surface area contributed by atoms with E-state index in [9.17, 15) is 9.59 Å². The number of hydrogen-bond acceptors (Lipinski definition) is 4. The number of amides is 1. The molecule has 2 aromatic carbocycles. The Morgan fingerprint density at radius 2 is 1.87 bits per heavy atom. The summed E-state index contributed by atoms with van der Waals surface area (Å²) >= 11 is 0. The first-order valence-corrected chi connectivity index (χ1v) is 10.3. The van der Waals surface area contributed by atoms with Crippen LogP contribution in [0.2, 0.25) is 0 Å². The highest BCUT2D eigenvalue weighted by Crippen LogP contribution is 2.20. The largest absolute Gasteiger partial charge is 0.349 e. The van der Waals surface area contributed by atoms with Crippen LogP contribution in [-0.4, -0.2) is 25.2 Å². The van der Waals surface area contributed by atoms with Crippen LogP contribution in [0.15, 0.2) is 65.8 Å². The lowest BCUT2D eigenvalue weighted by molar-refractivity contribution is -0.121. The van der Waals surface area contributed by atoms with Crippen LogP contribution >= 0.6 is 0 Å². The van der Waals surface area contributed by atoms with Gasteiger partial charge in [-0.2, -0.15) is 5.10 Å². The monoisotopic (exact) mass is 415 g/mol. The topological polar surface area (TPSA) is 81.8 Å². The van der Waals surface area contributed by atoms with Crippen LogP contribution in [0, 0.1) is 13.8 Å². The summed E-state index contributed by atoms with van der Waals surface area (Å²) in [6, 6.07) is 15.2. The lowest BCUT2D eigenvalue weighted by Crippen LogP contribution is -2.29. The van der Waals surface area contributed by atoms with Crippen molar-refractivity contribution in [3.05, 3.63) is 88.2 Å². The molecule has 0 aliphatic carbocycles. The van der Waals surface area contributed by atoms with Crippen LogP contribution in [0.25, 0.3) is 16.6 Å². The number of carbonyl (C=O) groups excluding carboxylic acids is 1. The molecule has 0 aliphatic heterocycles.